The van der Waals surface area contributed by atoms with Gasteiger partial charge in [0.15, 0.2) is 0 Å². The van der Waals surface area contributed by atoms with Gasteiger partial charge in [0, 0.05) is 22.4 Å². The monoisotopic (exact) mass is 840 g/mol. The van der Waals surface area contributed by atoms with Crippen molar-refractivity contribution < 1.29 is 9.15 Å². The summed E-state index contributed by atoms with van der Waals surface area (Å²) in [5.74, 6) is 1.06. The highest BCUT2D eigenvalue weighted by Gasteiger charge is 2.36. The molecule has 2 unspecified atom stereocenters. The summed E-state index contributed by atoms with van der Waals surface area (Å²) in [4.78, 5) is 0. The smallest absolute Gasteiger partial charge is 0.147 e. The SMILES string of the molecule is C1=CC2Oc3c(cc(-c4ccc5c(-c6ccc(-c7ccc8ccccc8c7)cc6)c6ccccc6c(-c6ccc(-c7ccc8ccccc8c7)cc6)c5c4)c4oc5ccccc5c34)C2C=C1. The zero-order valence-electron chi connectivity index (χ0n) is 35.9. The molecule has 0 radical (unpaired) electrons. The summed E-state index contributed by atoms with van der Waals surface area (Å²) in [7, 11) is 0. The molecule has 14 rings (SSSR count). The molecule has 1 aromatic heterocycles. The number of rotatable bonds is 5. The van der Waals surface area contributed by atoms with E-state index in [2.05, 4.69) is 224 Å². The normalized spacial score (nSPS) is 15.3. The summed E-state index contributed by atoms with van der Waals surface area (Å²) in [6.45, 7) is 0. The molecule has 0 spiro atoms. The second kappa shape index (κ2) is 14.5. The molecule has 2 aliphatic rings. The van der Waals surface area contributed by atoms with Gasteiger partial charge in [-0.1, -0.05) is 194 Å². The minimum Gasteiger partial charge on any atom is -0.484 e. The van der Waals surface area contributed by atoms with Crippen molar-refractivity contribution in [3.63, 3.8) is 0 Å². The van der Waals surface area contributed by atoms with Gasteiger partial charge in [0.1, 0.15) is 23.0 Å². The van der Waals surface area contributed by atoms with Gasteiger partial charge >= 0.3 is 0 Å². The average molecular weight is 841 g/mol. The molecule has 2 nitrogen and oxygen atoms in total. The third-order valence-electron chi connectivity index (χ3n) is 14.2. The van der Waals surface area contributed by atoms with Crippen LogP contribution in [0.2, 0.25) is 0 Å². The first kappa shape index (κ1) is 37.0. The lowest BCUT2D eigenvalue weighted by atomic mass is 9.83. The van der Waals surface area contributed by atoms with E-state index in [1.807, 2.05) is 6.07 Å². The van der Waals surface area contributed by atoms with Crippen molar-refractivity contribution in [1.82, 2.24) is 0 Å². The summed E-state index contributed by atoms with van der Waals surface area (Å²) in [6, 6.07) is 75.7. The van der Waals surface area contributed by atoms with E-state index in [1.165, 1.54) is 93.2 Å². The van der Waals surface area contributed by atoms with Crippen LogP contribution in [0, 0.1) is 0 Å². The summed E-state index contributed by atoms with van der Waals surface area (Å²) >= 11 is 0. The molecule has 0 saturated carbocycles. The van der Waals surface area contributed by atoms with Crippen LogP contribution >= 0.6 is 0 Å². The molecule has 66 heavy (non-hydrogen) atoms. The van der Waals surface area contributed by atoms with Crippen LogP contribution in [0.4, 0.5) is 0 Å². The number of benzene rings is 11. The predicted octanol–water partition coefficient (Wildman–Crippen LogP) is 17.5. The lowest BCUT2D eigenvalue weighted by Crippen LogP contribution is -2.15. The van der Waals surface area contributed by atoms with Crippen LogP contribution in [0.25, 0.3) is 121 Å². The third kappa shape index (κ3) is 5.75. The highest BCUT2D eigenvalue weighted by molar-refractivity contribution is 6.23. The van der Waals surface area contributed by atoms with E-state index >= 15 is 0 Å². The lowest BCUT2D eigenvalue weighted by Gasteiger charge is -2.19. The Labute approximate surface area is 382 Å². The minimum absolute atomic E-state index is 0.0422. The Morgan fingerprint density at radius 1 is 0.348 bits per heavy atom. The Morgan fingerprint density at radius 2 is 0.848 bits per heavy atom. The molecule has 1 aliphatic carbocycles. The first-order valence-electron chi connectivity index (χ1n) is 22.9. The molecule has 11 aromatic carbocycles. The van der Waals surface area contributed by atoms with Gasteiger partial charge in [-0.3, -0.25) is 0 Å². The van der Waals surface area contributed by atoms with Crippen molar-refractivity contribution in [3.05, 3.63) is 236 Å². The largest absolute Gasteiger partial charge is 0.484 e. The van der Waals surface area contributed by atoms with Crippen molar-refractivity contribution in [3.8, 4) is 61.4 Å². The van der Waals surface area contributed by atoms with Gasteiger partial charge in [-0.05, 0) is 130 Å². The van der Waals surface area contributed by atoms with Gasteiger partial charge in [0.05, 0.1) is 5.39 Å². The molecule has 0 amide bonds. The quantitative estimate of drug-likeness (QED) is 0.161. The first-order valence-corrected chi connectivity index (χ1v) is 22.9. The molecule has 0 fully saturated rings. The third-order valence-corrected chi connectivity index (χ3v) is 14.2. The van der Waals surface area contributed by atoms with Crippen molar-refractivity contribution >= 4 is 65.0 Å². The van der Waals surface area contributed by atoms with Gasteiger partial charge in [-0.25, -0.2) is 0 Å². The van der Waals surface area contributed by atoms with E-state index in [-0.39, 0.29) is 12.0 Å². The van der Waals surface area contributed by atoms with Crippen LogP contribution in [0.5, 0.6) is 5.75 Å². The summed E-state index contributed by atoms with van der Waals surface area (Å²) < 4.78 is 13.6. The molecule has 1 aliphatic heterocycles. The maximum atomic E-state index is 6.84. The molecule has 0 saturated heterocycles. The van der Waals surface area contributed by atoms with Crippen molar-refractivity contribution in [1.29, 1.82) is 0 Å². The number of hydrogen-bond donors (Lipinski definition) is 0. The minimum atomic E-state index is -0.0422. The van der Waals surface area contributed by atoms with Crippen molar-refractivity contribution in [2.24, 2.45) is 0 Å². The van der Waals surface area contributed by atoms with Crippen LogP contribution < -0.4 is 4.74 Å². The predicted molar refractivity (Wildman–Crippen MR) is 276 cm³/mol. The molecule has 2 atom stereocenters. The Kier molecular flexibility index (Phi) is 8.14. The van der Waals surface area contributed by atoms with Crippen molar-refractivity contribution in [2.45, 2.75) is 12.0 Å². The first-order chi connectivity index (χ1) is 32.7. The number of hydrogen-bond acceptors (Lipinski definition) is 2. The van der Waals surface area contributed by atoms with Gasteiger partial charge in [-0.2, -0.15) is 0 Å². The maximum Gasteiger partial charge on any atom is 0.147 e. The molecule has 308 valence electrons. The van der Waals surface area contributed by atoms with Crippen LogP contribution in [0.15, 0.2) is 235 Å². The highest BCUT2D eigenvalue weighted by Crippen LogP contribution is 2.52. The molecule has 2 heteroatoms. The molecule has 2 heterocycles. The summed E-state index contributed by atoms with van der Waals surface area (Å²) in [6.07, 6.45) is 8.65. The van der Waals surface area contributed by atoms with Crippen LogP contribution in [-0.4, -0.2) is 6.10 Å². The standard InChI is InChI=1S/C64H40O2/c1-3-13-45-35-47(31-25-39(45)11-1)41-21-27-43(28-22-41)60-51-16-5-6-17-52(51)61(44-29-23-42(24-30-44)48-32-26-40-12-2-4-14-46(40)36-48)56-37-49(33-34-53(56)60)55-38-57-50-15-7-9-19-58(50)65-64(57)62-54-18-8-10-20-59(54)66-63(55)62/h1-38,50,58H. The van der Waals surface area contributed by atoms with E-state index in [0.717, 1.165) is 38.8 Å². The highest BCUT2D eigenvalue weighted by atomic mass is 16.5. The van der Waals surface area contributed by atoms with Gasteiger partial charge in [0.2, 0.25) is 0 Å². The molecule has 0 N–H and O–H groups in total. The number of ether oxygens (including phenoxy) is 1. The van der Waals surface area contributed by atoms with Crippen LogP contribution in [0.1, 0.15) is 11.5 Å². The van der Waals surface area contributed by atoms with Crippen molar-refractivity contribution in [2.75, 3.05) is 0 Å². The second-order valence-electron chi connectivity index (χ2n) is 17.9. The van der Waals surface area contributed by atoms with Gasteiger partial charge in [-0.15, -0.1) is 0 Å². The van der Waals surface area contributed by atoms with Gasteiger partial charge < -0.3 is 9.15 Å². The average Bonchev–Trinajstić information content (AvgIpc) is 3.96. The molecular formula is C64H40O2. The van der Waals surface area contributed by atoms with E-state index in [4.69, 9.17) is 9.15 Å². The fourth-order valence-electron chi connectivity index (χ4n) is 11.0. The fraction of sp³-hybridized carbons (Fsp3) is 0.0312. The Morgan fingerprint density at radius 3 is 1.50 bits per heavy atom. The second-order valence-corrected chi connectivity index (χ2v) is 17.9. The van der Waals surface area contributed by atoms with E-state index in [0.29, 0.717) is 0 Å². The molecule has 0 bridgehead atoms. The number of para-hydroxylation sites is 1. The maximum absolute atomic E-state index is 6.84. The summed E-state index contributed by atoms with van der Waals surface area (Å²) in [5, 5.41) is 11.9. The number of fused-ring (bicyclic) bond motifs is 11. The Bertz CT molecular complexity index is 4020. The van der Waals surface area contributed by atoms with E-state index < -0.39 is 0 Å². The fourth-order valence-corrected chi connectivity index (χ4v) is 11.0. The van der Waals surface area contributed by atoms with Gasteiger partial charge in [0.25, 0.3) is 0 Å². The Hall–Kier alpha value is -8.46. The zero-order chi connectivity index (χ0) is 43.3. The van der Waals surface area contributed by atoms with E-state index in [1.54, 1.807) is 0 Å². The van der Waals surface area contributed by atoms with E-state index in [9.17, 15) is 0 Å². The van der Waals surface area contributed by atoms with Crippen LogP contribution in [0.3, 0.4) is 0 Å². The lowest BCUT2D eigenvalue weighted by molar-refractivity contribution is 0.271. The zero-order valence-corrected chi connectivity index (χ0v) is 35.9. The summed E-state index contributed by atoms with van der Waals surface area (Å²) in [5.41, 5.74) is 14.7. The number of furan rings is 1. The van der Waals surface area contributed by atoms with Crippen LogP contribution in [-0.2, 0) is 0 Å². The molecular weight excluding hydrogens is 801 g/mol. The topological polar surface area (TPSA) is 22.4 Å². The molecule has 12 aromatic rings. The number of allylic oxidation sites excluding steroid dienone is 2. The Balaban J connectivity index is 0.996.